The smallest absolute Gasteiger partial charge is 0.253 e. The van der Waals surface area contributed by atoms with Crippen LogP contribution >= 0.6 is 11.6 Å². The SMILES string of the molecule is Cc1ccc2nc(Cl)c(OC3CC[C@H](C)C3)nc2c1. The summed E-state index contributed by atoms with van der Waals surface area (Å²) in [4.78, 5) is 8.86. The molecule has 1 saturated carbocycles. The van der Waals surface area contributed by atoms with E-state index in [4.69, 9.17) is 16.3 Å². The van der Waals surface area contributed by atoms with Gasteiger partial charge in [-0.05, 0) is 49.8 Å². The van der Waals surface area contributed by atoms with Gasteiger partial charge in [0.25, 0.3) is 5.88 Å². The van der Waals surface area contributed by atoms with Crippen LogP contribution in [-0.4, -0.2) is 16.1 Å². The first-order valence-corrected chi connectivity index (χ1v) is 7.10. The van der Waals surface area contributed by atoms with Crippen molar-refractivity contribution in [3.05, 3.63) is 28.9 Å². The Bertz CT molecular complexity index is 614. The van der Waals surface area contributed by atoms with Gasteiger partial charge in [-0.3, -0.25) is 0 Å². The lowest BCUT2D eigenvalue weighted by atomic mass is 10.1. The minimum atomic E-state index is 0.226. The van der Waals surface area contributed by atoms with Gasteiger partial charge in [0.2, 0.25) is 0 Å². The number of aromatic nitrogens is 2. The molecule has 1 aromatic carbocycles. The molecule has 1 aliphatic rings. The number of halogens is 1. The normalized spacial score (nSPS) is 22.9. The molecule has 0 radical (unpaired) electrons. The molecule has 0 spiro atoms. The largest absolute Gasteiger partial charge is 0.472 e. The van der Waals surface area contributed by atoms with Crippen molar-refractivity contribution in [1.29, 1.82) is 0 Å². The van der Waals surface area contributed by atoms with Crippen LogP contribution in [0.1, 0.15) is 31.7 Å². The van der Waals surface area contributed by atoms with Crippen LogP contribution in [0.5, 0.6) is 5.88 Å². The minimum Gasteiger partial charge on any atom is -0.472 e. The zero-order valence-corrected chi connectivity index (χ0v) is 11.9. The third-order valence-electron chi connectivity index (χ3n) is 3.67. The van der Waals surface area contributed by atoms with E-state index in [0.29, 0.717) is 11.0 Å². The topological polar surface area (TPSA) is 35.0 Å². The molecule has 3 nitrogen and oxygen atoms in total. The van der Waals surface area contributed by atoms with Gasteiger partial charge in [-0.2, -0.15) is 0 Å². The Labute approximate surface area is 118 Å². The molecule has 100 valence electrons. The molecule has 0 amide bonds. The van der Waals surface area contributed by atoms with Gasteiger partial charge in [0.1, 0.15) is 6.10 Å². The number of fused-ring (bicyclic) bond motifs is 1. The van der Waals surface area contributed by atoms with Crippen molar-refractivity contribution in [3.63, 3.8) is 0 Å². The molecule has 1 fully saturated rings. The van der Waals surface area contributed by atoms with Gasteiger partial charge in [0, 0.05) is 0 Å². The maximum absolute atomic E-state index is 6.16. The van der Waals surface area contributed by atoms with Crippen molar-refractivity contribution < 1.29 is 4.74 Å². The lowest BCUT2D eigenvalue weighted by Gasteiger charge is -2.13. The second kappa shape index (κ2) is 4.97. The van der Waals surface area contributed by atoms with Crippen molar-refractivity contribution in [3.8, 4) is 5.88 Å². The van der Waals surface area contributed by atoms with Crippen molar-refractivity contribution in [2.45, 2.75) is 39.2 Å². The summed E-state index contributed by atoms with van der Waals surface area (Å²) >= 11 is 6.16. The Balaban J connectivity index is 1.92. The third-order valence-corrected chi connectivity index (χ3v) is 3.92. The Hall–Kier alpha value is -1.35. The van der Waals surface area contributed by atoms with E-state index in [1.54, 1.807) is 0 Å². The first-order chi connectivity index (χ1) is 9.11. The molecule has 0 N–H and O–H groups in total. The van der Waals surface area contributed by atoms with Gasteiger partial charge in [0.05, 0.1) is 11.0 Å². The molecular weight excluding hydrogens is 260 g/mol. The number of rotatable bonds is 2. The molecule has 3 rings (SSSR count). The van der Waals surface area contributed by atoms with Crippen molar-refractivity contribution >= 4 is 22.6 Å². The fraction of sp³-hybridized carbons (Fsp3) is 0.467. The molecule has 2 aromatic rings. The Morgan fingerprint density at radius 2 is 2.05 bits per heavy atom. The molecule has 1 heterocycles. The van der Waals surface area contributed by atoms with Crippen molar-refractivity contribution in [2.75, 3.05) is 0 Å². The highest BCUT2D eigenvalue weighted by molar-refractivity contribution is 6.31. The van der Waals surface area contributed by atoms with Gasteiger partial charge in [0.15, 0.2) is 5.15 Å². The Kier molecular flexibility index (Phi) is 3.31. The molecule has 1 aromatic heterocycles. The molecule has 1 unspecified atom stereocenters. The Morgan fingerprint density at radius 1 is 1.21 bits per heavy atom. The summed E-state index contributed by atoms with van der Waals surface area (Å²) in [6.45, 7) is 4.29. The maximum Gasteiger partial charge on any atom is 0.253 e. The van der Waals surface area contributed by atoms with Gasteiger partial charge < -0.3 is 4.74 Å². The van der Waals surface area contributed by atoms with E-state index in [2.05, 4.69) is 16.9 Å². The maximum atomic E-state index is 6.16. The highest BCUT2D eigenvalue weighted by Crippen LogP contribution is 2.31. The van der Waals surface area contributed by atoms with Crippen molar-refractivity contribution in [2.24, 2.45) is 5.92 Å². The van der Waals surface area contributed by atoms with Crippen LogP contribution in [0.15, 0.2) is 18.2 Å². The summed E-state index contributed by atoms with van der Waals surface area (Å²) in [6, 6.07) is 5.94. The first kappa shape index (κ1) is 12.7. The van der Waals surface area contributed by atoms with Crippen molar-refractivity contribution in [1.82, 2.24) is 9.97 Å². The van der Waals surface area contributed by atoms with Gasteiger partial charge in [-0.1, -0.05) is 24.6 Å². The summed E-state index contributed by atoms with van der Waals surface area (Å²) in [6.07, 6.45) is 3.58. The number of aryl methyl sites for hydroxylation is 1. The summed E-state index contributed by atoms with van der Waals surface area (Å²) < 4.78 is 5.92. The summed E-state index contributed by atoms with van der Waals surface area (Å²) in [5.74, 6) is 1.19. The quantitative estimate of drug-likeness (QED) is 0.826. The fourth-order valence-electron chi connectivity index (χ4n) is 2.62. The highest BCUT2D eigenvalue weighted by atomic mass is 35.5. The van der Waals surface area contributed by atoms with E-state index < -0.39 is 0 Å². The predicted octanol–water partition coefficient (Wildman–Crippen LogP) is 4.16. The average Bonchev–Trinajstić information content (AvgIpc) is 2.76. The van der Waals surface area contributed by atoms with Crippen LogP contribution in [0.3, 0.4) is 0 Å². The highest BCUT2D eigenvalue weighted by Gasteiger charge is 2.24. The molecule has 0 aliphatic heterocycles. The average molecular weight is 277 g/mol. The molecule has 1 aliphatic carbocycles. The zero-order chi connectivity index (χ0) is 13.4. The number of hydrogen-bond donors (Lipinski definition) is 0. The predicted molar refractivity (Wildman–Crippen MR) is 76.7 cm³/mol. The van der Waals surface area contributed by atoms with Gasteiger partial charge in [-0.25, -0.2) is 9.97 Å². The number of benzene rings is 1. The van der Waals surface area contributed by atoms with E-state index >= 15 is 0 Å². The minimum absolute atomic E-state index is 0.226. The van der Waals surface area contributed by atoms with Crippen LogP contribution in [0, 0.1) is 12.8 Å². The van der Waals surface area contributed by atoms with E-state index in [1.165, 1.54) is 6.42 Å². The zero-order valence-electron chi connectivity index (χ0n) is 11.2. The summed E-state index contributed by atoms with van der Waals surface area (Å²) in [5.41, 5.74) is 2.80. The fourth-order valence-corrected chi connectivity index (χ4v) is 2.80. The molecule has 0 bridgehead atoms. The van der Waals surface area contributed by atoms with Crippen LogP contribution in [0.2, 0.25) is 5.15 Å². The van der Waals surface area contributed by atoms with Crippen LogP contribution in [0.4, 0.5) is 0 Å². The lowest BCUT2D eigenvalue weighted by Crippen LogP contribution is -2.13. The molecule has 19 heavy (non-hydrogen) atoms. The second-order valence-corrected chi connectivity index (χ2v) is 5.83. The van der Waals surface area contributed by atoms with Crippen LogP contribution in [0.25, 0.3) is 11.0 Å². The van der Waals surface area contributed by atoms with E-state index in [1.807, 2.05) is 25.1 Å². The summed E-state index contributed by atoms with van der Waals surface area (Å²) in [5, 5.41) is 0.357. The van der Waals surface area contributed by atoms with E-state index in [0.717, 1.165) is 35.4 Å². The molecule has 2 atom stereocenters. The Morgan fingerprint density at radius 3 is 2.79 bits per heavy atom. The summed E-state index contributed by atoms with van der Waals surface area (Å²) in [7, 11) is 0. The second-order valence-electron chi connectivity index (χ2n) is 5.47. The van der Waals surface area contributed by atoms with Crippen LogP contribution < -0.4 is 4.74 Å². The third kappa shape index (κ3) is 2.66. The monoisotopic (exact) mass is 276 g/mol. The van der Waals surface area contributed by atoms with E-state index in [9.17, 15) is 0 Å². The first-order valence-electron chi connectivity index (χ1n) is 6.72. The molecular formula is C15H17ClN2O. The van der Waals surface area contributed by atoms with E-state index in [-0.39, 0.29) is 6.10 Å². The number of nitrogens with zero attached hydrogens (tertiary/aromatic N) is 2. The van der Waals surface area contributed by atoms with Gasteiger partial charge in [-0.15, -0.1) is 0 Å². The molecule has 0 saturated heterocycles. The number of hydrogen-bond acceptors (Lipinski definition) is 3. The standard InChI is InChI=1S/C15H17ClN2O/c1-9-3-5-11(7-9)19-15-14(16)17-12-6-4-10(2)8-13(12)18-15/h4,6,8-9,11H,3,5,7H2,1-2H3/t9-,11?/m0/s1. The number of ether oxygens (including phenoxy) is 1. The van der Waals surface area contributed by atoms with Crippen LogP contribution in [-0.2, 0) is 0 Å². The molecule has 4 heteroatoms. The lowest BCUT2D eigenvalue weighted by molar-refractivity contribution is 0.197. The van der Waals surface area contributed by atoms with Gasteiger partial charge >= 0.3 is 0 Å².